The SMILES string of the molecule is COc1ccccc1NC(=S)N/N=C/c1cc(Cl)c(O)c(OC)c1. The lowest BCUT2D eigenvalue weighted by Gasteiger charge is -2.11. The molecule has 2 rings (SSSR count). The van der Waals surface area contributed by atoms with Crippen LogP contribution in [0.4, 0.5) is 5.69 Å². The Bertz CT molecular complexity index is 768. The van der Waals surface area contributed by atoms with Gasteiger partial charge in [0.2, 0.25) is 0 Å². The van der Waals surface area contributed by atoms with Gasteiger partial charge in [-0.1, -0.05) is 23.7 Å². The third kappa shape index (κ3) is 4.50. The maximum absolute atomic E-state index is 9.69. The van der Waals surface area contributed by atoms with Crippen molar-refractivity contribution >= 4 is 40.8 Å². The van der Waals surface area contributed by atoms with Crippen molar-refractivity contribution < 1.29 is 14.6 Å². The van der Waals surface area contributed by atoms with E-state index in [1.165, 1.54) is 13.3 Å². The molecule has 0 unspecified atom stereocenters. The predicted molar refractivity (Wildman–Crippen MR) is 99.6 cm³/mol. The highest BCUT2D eigenvalue weighted by atomic mass is 35.5. The summed E-state index contributed by atoms with van der Waals surface area (Å²) < 4.78 is 10.3. The molecular weight excluding hydrogens is 350 g/mol. The number of phenols is 1. The minimum absolute atomic E-state index is 0.113. The smallest absolute Gasteiger partial charge is 0.191 e. The molecule has 0 spiro atoms. The van der Waals surface area contributed by atoms with Gasteiger partial charge in [-0.15, -0.1) is 0 Å². The Kier molecular flexibility index (Phi) is 6.22. The zero-order valence-corrected chi connectivity index (χ0v) is 14.6. The summed E-state index contributed by atoms with van der Waals surface area (Å²) in [5.74, 6) is 0.817. The van der Waals surface area contributed by atoms with E-state index < -0.39 is 0 Å². The van der Waals surface area contributed by atoms with E-state index in [2.05, 4.69) is 15.8 Å². The lowest BCUT2D eigenvalue weighted by Crippen LogP contribution is -2.24. The number of anilines is 1. The van der Waals surface area contributed by atoms with Crippen LogP contribution in [0.3, 0.4) is 0 Å². The fourth-order valence-electron chi connectivity index (χ4n) is 1.89. The summed E-state index contributed by atoms with van der Waals surface area (Å²) in [6.45, 7) is 0. The maximum Gasteiger partial charge on any atom is 0.191 e. The van der Waals surface area contributed by atoms with Crippen molar-refractivity contribution in [3.8, 4) is 17.2 Å². The molecule has 8 heteroatoms. The van der Waals surface area contributed by atoms with Gasteiger partial charge in [-0.3, -0.25) is 5.43 Å². The van der Waals surface area contributed by atoms with Crippen molar-refractivity contribution in [3.63, 3.8) is 0 Å². The minimum Gasteiger partial charge on any atom is -0.503 e. The van der Waals surface area contributed by atoms with Crippen LogP contribution in [0.5, 0.6) is 17.2 Å². The van der Waals surface area contributed by atoms with Gasteiger partial charge in [-0.2, -0.15) is 5.10 Å². The average Bonchev–Trinajstić information content (AvgIpc) is 2.58. The van der Waals surface area contributed by atoms with Crippen LogP contribution < -0.4 is 20.2 Å². The molecule has 0 saturated heterocycles. The number of benzene rings is 2. The molecule has 0 amide bonds. The number of hydrogen-bond acceptors (Lipinski definition) is 5. The Hall–Kier alpha value is -2.51. The monoisotopic (exact) mass is 365 g/mol. The number of methoxy groups -OCH3 is 2. The minimum atomic E-state index is -0.113. The summed E-state index contributed by atoms with van der Waals surface area (Å²) in [5, 5.41) is 17.2. The summed E-state index contributed by atoms with van der Waals surface area (Å²) in [6, 6.07) is 10.5. The Morgan fingerprint density at radius 2 is 1.92 bits per heavy atom. The summed E-state index contributed by atoms with van der Waals surface area (Å²) in [7, 11) is 3.02. The van der Waals surface area contributed by atoms with Gasteiger partial charge in [0, 0.05) is 0 Å². The highest BCUT2D eigenvalue weighted by Gasteiger charge is 2.08. The van der Waals surface area contributed by atoms with Crippen molar-refractivity contribution in [2.75, 3.05) is 19.5 Å². The Labute approximate surface area is 150 Å². The number of nitrogens with one attached hydrogen (secondary N) is 2. The molecule has 2 aromatic rings. The quantitative estimate of drug-likeness (QED) is 0.428. The number of nitrogens with zero attached hydrogens (tertiary/aromatic N) is 1. The summed E-state index contributed by atoms with van der Waals surface area (Å²) in [4.78, 5) is 0. The largest absolute Gasteiger partial charge is 0.503 e. The second-order valence-corrected chi connectivity index (χ2v) is 5.39. The fourth-order valence-corrected chi connectivity index (χ4v) is 2.27. The number of thiocarbonyl (C=S) groups is 1. The number of ether oxygens (including phenoxy) is 2. The second-order valence-electron chi connectivity index (χ2n) is 4.58. The van der Waals surface area contributed by atoms with E-state index in [0.29, 0.717) is 16.4 Å². The molecule has 3 N–H and O–H groups in total. The van der Waals surface area contributed by atoms with Crippen LogP contribution in [0.1, 0.15) is 5.56 Å². The third-order valence-corrected chi connectivity index (χ3v) is 3.49. The van der Waals surface area contributed by atoms with Crippen molar-refractivity contribution in [3.05, 3.63) is 47.0 Å². The molecule has 0 aromatic heterocycles. The number of halogens is 1. The van der Waals surface area contributed by atoms with E-state index in [9.17, 15) is 5.11 Å². The molecule has 0 aliphatic heterocycles. The van der Waals surface area contributed by atoms with E-state index in [0.717, 1.165) is 5.69 Å². The molecule has 0 bridgehead atoms. The third-order valence-electron chi connectivity index (χ3n) is 3.01. The van der Waals surface area contributed by atoms with Gasteiger partial charge in [0.25, 0.3) is 0 Å². The summed E-state index contributed by atoms with van der Waals surface area (Å²) in [5.41, 5.74) is 4.06. The van der Waals surface area contributed by atoms with Crippen LogP contribution in [0.15, 0.2) is 41.5 Å². The zero-order chi connectivity index (χ0) is 17.5. The van der Waals surface area contributed by atoms with Crippen molar-refractivity contribution in [1.82, 2.24) is 5.43 Å². The van der Waals surface area contributed by atoms with E-state index in [1.807, 2.05) is 24.3 Å². The number of aromatic hydroxyl groups is 1. The molecule has 0 atom stereocenters. The van der Waals surface area contributed by atoms with Crippen molar-refractivity contribution in [2.45, 2.75) is 0 Å². The molecular formula is C16H16ClN3O3S. The average molecular weight is 366 g/mol. The summed E-state index contributed by atoms with van der Waals surface area (Å²) >= 11 is 11.1. The van der Waals surface area contributed by atoms with Crippen LogP contribution >= 0.6 is 23.8 Å². The van der Waals surface area contributed by atoms with Gasteiger partial charge in [-0.05, 0) is 42.0 Å². The first-order valence-corrected chi connectivity index (χ1v) is 7.63. The Morgan fingerprint density at radius 1 is 1.21 bits per heavy atom. The molecule has 0 saturated carbocycles. The lowest BCUT2D eigenvalue weighted by molar-refractivity contribution is 0.373. The molecule has 0 fully saturated rings. The number of hydrazone groups is 1. The van der Waals surface area contributed by atoms with E-state index >= 15 is 0 Å². The van der Waals surface area contributed by atoms with Gasteiger partial charge in [0.15, 0.2) is 16.6 Å². The van der Waals surface area contributed by atoms with Crippen molar-refractivity contribution in [2.24, 2.45) is 5.10 Å². The van der Waals surface area contributed by atoms with E-state index in [1.54, 1.807) is 19.2 Å². The molecule has 6 nitrogen and oxygen atoms in total. The van der Waals surface area contributed by atoms with Crippen LogP contribution in [-0.2, 0) is 0 Å². The van der Waals surface area contributed by atoms with E-state index in [4.69, 9.17) is 33.3 Å². The summed E-state index contributed by atoms with van der Waals surface area (Å²) in [6.07, 6.45) is 1.50. The molecule has 126 valence electrons. The maximum atomic E-state index is 9.69. The van der Waals surface area contributed by atoms with Gasteiger partial charge >= 0.3 is 0 Å². The van der Waals surface area contributed by atoms with Crippen molar-refractivity contribution in [1.29, 1.82) is 0 Å². The Morgan fingerprint density at radius 3 is 2.62 bits per heavy atom. The topological polar surface area (TPSA) is 75.1 Å². The van der Waals surface area contributed by atoms with Crippen LogP contribution in [0.2, 0.25) is 5.02 Å². The van der Waals surface area contributed by atoms with E-state index in [-0.39, 0.29) is 16.5 Å². The number of rotatable bonds is 5. The zero-order valence-electron chi connectivity index (χ0n) is 13.0. The highest BCUT2D eigenvalue weighted by molar-refractivity contribution is 7.80. The number of phenolic OH excluding ortho intramolecular Hbond substituents is 1. The van der Waals surface area contributed by atoms with Crippen LogP contribution in [0, 0.1) is 0 Å². The molecule has 0 heterocycles. The predicted octanol–water partition coefficient (Wildman–Crippen LogP) is 3.38. The van der Waals surface area contributed by atoms with Gasteiger partial charge in [-0.25, -0.2) is 0 Å². The molecule has 0 aliphatic rings. The molecule has 0 aliphatic carbocycles. The number of para-hydroxylation sites is 2. The fraction of sp³-hybridized carbons (Fsp3) is 0.125. The standard InChI is InChI=1S/C16H16ClN3O3S/c1-22-13-6-4-3-5-12(13)19-16(24)20-18-9-10-7-11(17)15(21)14(8-10)23-2/h3-9,21H,1-2H3,(H2,19,20,24)/b18-9+. The van der Waals surface area contributed by atoms with Gasteiger partial charge in [0.05, 0.1) is 31.1 Å². The number of hydrogen-bond donors (Lipinski definition) is 3. The first kappa shape index (κ1) is 17.8. The van der Waals surface area contributed by atoms with Crippen LogP contribution in [0.25, 0.3) is 0 Å². The molecule has 0 radical (unpaired) electrons. The lowest BCUT2D eigenvalue weighted by atomic mass is 10.2. The normalized spacial score (nSPS) is 10.5. The first-order valence-electron chi connectivity index (χ1n) is 6.84. The Balaban J connectivity index is 2.01. The molecule has 24 heavy (non-hydrogen) atoms. The van der Waals surface area contributed by atoms with Gasteiger partial charge < -0.3 is 19.9 Å². The first-order chi connectivity index (χ1) is 11.5. The highest BCUT2D eigenvalue weighted by Crippen LogP contribution is 2.34. The van der Waals surface area contributed by atoms with Crippen LogP contribution in [-0.4, -0.2) is 30.7 Å². The molecule has 2 aromatic carbocycles. The van der Waals surface area contributed by atoms with Gasteiger partial charge in [0.1, 0.15) is 5.75 Å². The second kappa shape index (κ2) is 8.37.